The van der Waals surface area contributed by atoms with Crippen LogP contribution in [0.4, 0.5) is 0 Å². The van der Waals surface area contributed by atoms with Crippen LogP contribution in [-0.2, 0) is 13.0 Å². The van der Waals surface area contributed by atoms with Crippen molar-refractivity contribution in [2.75, 3.05) is 7.11 Å². The summed E-state index contributed by atoms with van der Waals surface area (Å²) in [5.74, 6) is 0.664. The molecule has 5 nitrogen and oxygen atoms in total. The van der Waals surface area contributed by atoms with Crippen molar-refractivity contribution in [3.63, 3.8) is 0 Å². The van der Waals surface area contributed by atoms with Crippen molar-refractivity contribution in [1.82, 2.24) is 14.5 Å². The highest BCUT2D eigenvalue weighted by Crippen LogP contribution is 2.15. The van der Waals surface area contributed by atoms with Gasteiger partial charge in [0.1, 0.15) is 5.75 Å². The van der Waals surface area contributed by atoms with Crippen LogP contribution < -0.4 is 10.3 Å². The van der Waals surface area contributed by atoms with Crippen LogP contribution in [0.15, 0.2) is 53.7 Å². The van der Waals surface area contributed by atoms with Crippen molar-refractivity contribution in [3.05, 3.63) is 65.0 Å². The Balaban J connectivity index is 1.79. The Kier molecular flexibility index (Phi) is 4.14. The number of pyridine rings is 1. The maximum absolute atomic E-state index is 12.5. The third-order valence-corrected chi connectivity index (χ3v) is 3.59. The second-order valence-electron chi connectivity index (χ2n) is 5.05. The van der Waals surface area contributed by atoms with Gasteiger partial charge in [0.2, 0.25) is 0 Å². The summed E-state index contributed by atoms with van der Waals surface area (Å²) in [5.41, 5.74) is 1.68. The zero-order valence-corrected chi connectivity index (χ0v) is 12.4. The van der Waals surface area contributed by atoms with Crippen LogP contribution in [0.1, 0.15) is 12.1 Å². The third-order valence-electron chi connectivity index (χ3n) is 3.59. The number of nitrogens with zero attached hydrogens (tertiary/aromatic N) is 3. The average molecular weight is 295 g/mol. The molecule has 0 unspecified atom stereocenters. The first kappa shape index (κ1) is 14.3. The number of benzene rings is 1. The Morgan fingerprint density at radius 1 is 1.18 bits per heavy atom. The number of aromatic nitrogens is 3. The Hall–Kier alpha value is -2.69. The molecule has 0 spiro atoms. The number of hydrogen-bond acceptors (Lipinski definition) is 4. The smallest absolute Gasteiger partial charge is 0.261 e. The van der Waals surface area contributed by atoms with Gasteiger partial charge >= 0.3 is 0 Å². The fourth-order valence-corrected chi connectivity index (χ4v) is 2.40. The Morgan fingerprint density at radius 3 is 2.86 bits per heavy atom. The van der Waals surface area contributed by atoms with Gasteiger partial charge in [-0.25, -0.2) is 4.98 Å². The lowest BCUT2D eigenvalue weighted by Gasteiger charge is -2.07. The van der Waals surface area contributed by atoms with Gasteiger partial charge < -0.3 is 4.74 Å². The van der Waals surface area contributed by atoms with Gasteiger partial charge in [0, 0.05) is 18.4 Å². The molecule has 0 amide bonds. The summed E-state index contributed by atoms with van der Waals surface area (Å²) in [4.78, 5) is 21.1. The molecule has 0 N–H and O–H groups in total. The number of hydrogen-bond donors (Lipinski definition) is 0. The van der Waals surface area contributed by atoms with E-state index in [1.807, 2.05) is 18.2 Å². The fraction of sp³-hybridized carbons (Fsp3) is 0.235. The van der Waals surface area contributed by atoms with Crippen molar-refractivity contribution < 1.29 is 4.74 Å². The zero-order valence-electron chi connectivity index (χ0n) is 12.4. The lowest BCUT2D eigenvalue weighted by molar-refractivity contribution is 0.415. The maximum atomic E-state index is 12.5. The molecule has 0 aliphatic carbocycles. The van der Waals surface area contributed by atoms with Crippen LogP contribution in [0.3, 0.4) is 0 Å². The summed E-state index contributed by atoms with van der Waals surface area (Å²) in [6, 6.07) is 11.2. The summed E-state index contributed by atoms with van der Waals surface area (Å²) in [7, 11) is 1.59. The van der Waals surface area contributed by atoms with E-state index in [9.17, 15) is 4.79 Å². The molecular formula is C17H17N3O2. The van der Waals surface area contributed by atoms with Gasteiger partial charge in [-0.1, -0.05) is 6.07 Å². The van der Waals surface area contributed by atoms with E-state index in [2.05, 4.69) is 9.97 Å². The molecule has 3 aromatic rings. The van der Waals surface area contributed by atoms with Crippen LogP contribution in [0.25, 0.3) is 10.9 Å². The van der Waals surface area contributed by atoms with Gasteiger partial charge in [-0.05, 0) is 43.2 Å². The van der Waals surface area contributed by atoms with E-state index in [0.717, 1.165) is 18.5 Å². The molecule has 0 bridgehead atoms. The Morgan fingerprint density at radius 2 is 2.09 bits per heavy atom. The molecule has 5 heteroatoms. The van der Waals surface area contributed by atoms with E-state index in [4.69, 9.17) is 4.74 Å². The molecule has 0 aliphatic heterocycles. The number of methoxy groups -OCH3 is 1. The van der Waals surface area contributed by atoms with Gasteiger partial charge in [-0.3, -0.25) is 14.3 Å². The van der Waals surface area contributed by atoms with Gasteiger partial charge in [0.15, 0.2) is 0 Å². The van der Waals surface area contributed by atoms with Crippen LogP contribution in [0, 0.1) is 0 Å². The van der Waals surface area contributed by atoms with Crippen molar-refractivity contribution in [1.29, 1.82) is 0 Å². The first-order valence-electron chi connectivity index (χ1n) is 7.21. The van der Waals surface area contributed by atoms with Crippen molar-refractivity contribution in [2.24, 2.45) is 0 Å². The minimum absolute atomic E-state index is 0.0371. The summed E-state index contributed by atoms with van der Waals surface area (Å²) in [6.07, 6.45) is 5.07. The Labute approximate surface area is 128 Å². The standard InChI is InChI=1S/C17H17N3O2/c1-22-14-7-8-16-15(11-14)17(21)20(12-19-16)10-4-6-13-5-2-3-9-18-13/h2-3,5,7-9,11-12H,4,6,10H2,1H3. The average Bonchev–Trinajstić information content (AvgIpc) is 2.58. The lowest BCUT2D eigenvalue weighted by Crippen LogP contribution is -2.21. The molecule has 0 radical (unpaired) electrons. The molecule has 0 aliphatic rings. The van der Waals surface area contributed by atoms with E-state index >= 15 is 0 Å². The van der Waals surface area contributed by atoms with E-state index < -0.39 is 0 Å². The highest BCUT2D eigenvalue weighted by atomic mass is 16.5. The largest absolute Gasteiger partial charge is 0.497 e. The summed E-state index contributed by atoms with van der Waals surface area (Å²) in [5, 5.41) is 0.583. The highest BCUT2D eigenvalue weighted by Gasteiger charge is 2.05. The zero-order chi connectivity index (χ0) is 15.4. The summed E-state index contributed by atoms with van der Waals surface area (Å²) in [6.45, 7) is 0.621. The first-order chi connectivity index (χ1) is 10.8. The van der Waals surface area contributed by atoms with Gasteiger partial charge in [0.25, 0.3) is 5.56 Å². The minimum Gasteiger partial charge on any atom is -0.497 e. The van der Waals surface area contributed by atoms with Gasteiger partial charge in [-0.15, -0.1) is 0 Å². The molecular weight excluding hydrogens is 278 g/mol. The van der Waals surface area contributed by atoms with Gasteiger partial charge in [0.05, 0.1) is 24.3 Å². The molecule has 0 saturated carbocycles. The van der Waals surface area contributed by atoms with E-state index in [-0.39, 0.29) is 5.56 Å². The van der Waals surface area contributed by atoms with Gasteiger partial charge in [-0.2, -0.15) is 0 Å². The van der Waals surface area contributed by atoms with E-state index in [1.165, 1.54) is 0 Å². The summed E-state index contributed by atoms with van der Waals surface area (Å²) >= 11 is 0. The maximum Gasteiger partial charge on any atom is 0.261 e. The fourth-order valence-electron chi connectivity index (χ4n) is 2.40. The van der Waals surface area contributed by atoms with Crippen molar-refractivity contribution in [3.8, 4) is 5.75 Å². The predicted octanol–water partition coefficient (Wildman–Crippen LogP) is 2.43. The monoisotopic (exact) mass is 295 g/mol. The highest BCUT2D eigenvalue weighted by molar-refractivity contribution is 5.78. The second kappa shape index (κ2) is 6.39. The van der Waals surface area contributed by atoms with Crippen LogP contribution in [0.2, 0.25) is 0 Å². The number of rotatable bonds is 5. The summed E-state index contributed by atoms with van der Waals surface area (Å²) < 4.78 is 6.82. The topological polar surface area (TPSA) is 57.0 Å². The molecule has 2 heterocycles. The molecule has 0 atom stereocenters. The van der Waals surface area contributed by atoms with Crippen LogP contribution in [-0.4, -0.2) is 21.6 Å². The molecule has 112 valence electrons. The molecule has 3 rings (SSSR count). The second-order valence-corrected chi connectivity index (χ2v) is 5.05. The minimum atomic E-state index is -0.0371. The lowest BCUT2D eigenvalue weighted by atomic mass is 10.2. The van der Waals surface area contributed by atoms with Crippen molar-refractivity contribution in [2.45, 2.75) is 19.4 Å². The molecule has 0 saturated heterocycles. The Bertz CT molecular complexity index is 828. The normalized spacial score (nSPS) is 10.8. The van der Waals surface area contributed by atoms with Crippen LogP contribution >= 0.6 is 0 Å². The molecule has 22 heavy (non-hydrogen) atoms. The molecule has 0 fully saturated rings. The first-order valence-corrected chi connectivity index (χ1v) is 7.21. The number of aryl methyl sites for hydroxylation is 2. The third kappa shape index (κ3) is 2.98. The van der Waals surface area contributed by atoms with E-state index in [1.54, 1.807) is 42.4 Å². The number of fused-ring (bicyclic) bond motifs is 1. The molecule has 2 aromatic heterocycles. The predicted molar refractivity (Wildman–Crippen MR) is 85.1 cm³/mol. The van der Waals surface area contributed by atoms with E-state index in [0.29, 0.717) is 23.2 Å². The number of ether oxygens (including phenoxy) is 1. The van der Waals surface area contributed by atoms with Crippen molar-refractivity contribution >= 4 is 10.9 Å². The SMILES string of the molecule is COc1ccc2ncn(CCCc3ccccn3)c(=O)c2c1. The molecule has 1 aromatic carbocycles. The van der Waals surface area contributed by atoms with Crippen LogP contribution in [0.5, 0.6) is 5.75 Å². The quantitative estimate of drug-likeness (QED) is 0.725.